The molecule has 0 aliphatic carbocycles. The van der Waals surface area contributed by atoms with E-state index in [1.54, 1.807) is 24.3 Å². The van der Waals surface area contributed by atoms with Gasteiger partial charge in [0.1, 0.15) is 11.6 Å². The van der Waals surface area contributed by atoms with Gasteiger partial charge in [-0.25, -0.2) is 9.49 Å². The molecule has 0 amide bonds. The molecule has 1 aromatic heterocycles. The van der Waals surface area contributed by atoms with Crippen LogP contribution in [-0.2, 0) is 6.42 Å². The minimum atomic E-state index is -0.336. The first-order valence-corrected chi connectivity index (χ1v) is 7.90. The van der Waals surface area contributed by atoms with E-state index in [1.807, 2.05) is 12.1 Å². The van der Waals surface area contributed by atoms with Gasteiger partial charge in [-0.3, -0.25) is 0 Å². The van der Waals surface area contributed by atoms with Gasteiger partial charge in [0.2, 0.25) is 4.77 Å². The molecular formula is C18H15FN4OS. The summed E-state index contributed by atoms with van der Waals surface area (Å²) in [6.45, 7) is 3.67. The maximum absolute atomic E-state index is 13.1. The molecule has 0 aliphatic rings. The van der Waals surface area contributed by atoms with E-state index in [9.17, 15) is 9.50 Å². The largest absolute Gasteiger partial charge is 0.507 e. The molecule has 2 aromatic carbocycles. The molecule has 0 fully saturated rings. The molecule has 25 heavy (non-hydrogen) atoms. The van der Waals surface area contributed by atoms with Crippen LogP contribution in [0.1, 0.15) is 11.1 Å². The minimum Gasteiger partial charge on any atom is -0.507 e. The summed E-state index contributed by atoms with van der Waals surface area (Å²) in [6, 6.07) is 11.3. The first kappa shape index (κ1) is 16.8. The normalized spacial score (nSPS) is 11.1. The number of aromatic nitrogens is 3. The van der Waals surface area contributed by atoms with Crippen LogP contribution in [0.15, 0.2) is 60.2 Å². The van der Waals surface area contributed by atoms with E-state index >= 15 is 0 Å². The van der Waals surface area contributed by atoms with E-state index in [4.69, 9.17) is 12.2 Å². The van der Waals surface area contributed by atoms with Gasteiger partial charge in [0, 0.05) is 11.1 Å². The number of phenols is 1. The Hall–Kier alpha value is -3.06. The Labute approximate surface area is 148 Å². The Morgan fingerprint density at radius 1 is 1.28 bits per heavy atom. The highest BCUT2D eigenvalue weighted by Crippen LogP contribution is 2.22. The van der Waals surface area contributed by atoms with Gasteiger partial charge in [-0.1, -0.05) is 18.2 Å². The molecule has 2 N–H and O–H groups in total. The average Bonchev–Trinajstić information content (AvgIpc) is 2.97. The van der Waals surface area contributed by atoms with Crippen molar-refractivity contribution in [1.82, 2.24) is 14.9 Å². The number of H-pyrrole nitrogens is 1. The smallest absolute Gasteiger partial charge is 0.216 e. The first-order chi connectivity index (χ1) is 12.1. The maximum atomic E-state index is 13.1. The Balaban J connectivity index is 1.99. The molecule has 0 saturated carbocycles. The fourth-order valence-corrected chi connectivity index (χ4v) is 2.52. The van der Waals surface area contributed by atoms with E-state index in [1.165, 1.54) is 23.0 Å². The van der Waals surface area contributed by atoms with Crippen molar-refractivity contribution >= 4 is 18.4 Å². The van der Waals surface area contributed by atoms with Gasteiger partial charge in [-0.15, -0.1) is 6.58 Å². The zero-order valence-electron chi connectivity index (χ0n) is 13.2. The number of hydrogen-bond donors (Lipinski definition) is 2. The third-order valence-electron chi connectivity index (χ3n) is 3.58. The fourth-order valence-electron chi connectivity index (χ4n) is 2.34. The fraction of sp³-hybridized carbons (Fsp3) is 0.0556. The van der Waals surface area contributed by atoms with Crippen LogP contribution < -0.4 is 0 Å². The van der Waals surface area contributed by atoms with E-state index < -0.39 is 0 Å². The van der Waals surface area contributed by atoms with Crippen molar-refractivity contribution in [2.24, 2.45) is 5.10 Å². The van der Waals surface area contributed by atoms with E-state index in [2.05, 4.69) is 21.9 Å². The number of allylic oxidation sites excluding steroid dienone is 1. The van der Waals surface area contributed by atoms with Gasteiger partial charge in [-0.2, -0.15) is 14.9 Å². The summed E-state index contributed by atoms with van der Waals surface area (Å²) in [5, 5.41) is 21.4. The molecule has 0 radical (unpaired) electrons. The zero-order chi connectivity index (χ0) is 17.8. The number of phenolic OH excluding ortho intramolecular Hbond substituents is 1. The topological polar surface area (TPSA) is 66.2 Å². The van der Waals surface area contributed by atoms with Crippen LogP contribution in [0, 0.1) is 10.6 Å². The van der Waals surface area contributed by atoms with Gasteiger partial charge in [0.25, 0.3) is 0 Å². The van der Waals surface area contributed by atoms with Crippen LogP contribution in [0.5, 0.6) is 5.75 Å². The highest BCUT2D eigenvalue weighted by molar-refractivity contribution is 7.71. The standard InChI is InChI=1S/C18H15FN4OS/c1-2-4-12-5-3-6-14(16(12)24)11-20-23-17(21-22-18(23)25)13-7-9-15(19)10-8-13/h2-3,5-11,24H,1,4H2,(H,22,25)/b20-11-. The van der Waals surface area contributed by atoms with Crippen LogP contribution in [-0.4, -0.2) is 26.2 Å². The Bertz CT molecular complexity index is 989. The lowest BCUT2D eigenvalue weighted by molar-refractivity contribution is 0.469. The lowest BCUT2D eigenvalue weighted by Crippen LogP contribution is -1.96. The molecule has 1 heterocycles. The molecule has 0 aliphatic heterocycles. The molecule has 5 nitrogen and oxygen atoms in total. The quantitative estimate of drug-likeness (QED) is 0.412. The molecule has 3 rings (SSSR count). The Kier molecular flexibility index (Phi) is 4.85. The maximum Gasteiger partial charge on any atom is 0.216 e. The van der Waals surface area contributed by atoms with Crippen LogP contribution in [0.3, 0.4) is 0 Å². The number of para-hydroxylation sites is 1. The van der Waals surface area contributed by atoms with Crippen molar-refractivity contribution in [1.29, 1.82) is 0 Å². The van der Waals surface area contributed by atoms with Gasteiger partial charge in [-0.05, 0) is 54.5 Å². The first-order valence-electron chi connectivity index (χ1n) is 7.49. The van der Waals surface area contributed by atoms with Crippen molar-refractivity contribution in [2.45, 2.75) is 6.42 Å². The van der Waals surface area contributed by atoms with Gasteiger partial charge < -0.3 is 5.11 Å². The van der Waals surface area contributed by atoms with Gasteiger partial charge in [0.15, 0.2) is 5.82 Å². The molecule has 0 spiro atoms. The third kappa shape index (κ3) is 3.56. The summed E-state index contributed by atoms with van der Waals surface area (Å²) in [7, 11) is 0. The lowest BCUT2D eigenvalue weighted by Gasteiger charge is -2.05. The SMILES string of the molecule is C=CCc1cccc(/C=N\n2c(-c3ccc(F)cc3)n[nH]c2=S)c1O. The second-order valence-electron chi connectivity index (χ2n) is 5.26. The predicted molar refractivity (Wildman–Crippen MR) is 97.8 cm³/mol. The van der Waals surface area contributed by atoms with Crippen LogP contribution in [0.2, 0.25) is 0 Å². The van der Waals surface area contributed by atoms with Crippen molar-refractivity contribution in [2.75, 3.05) is 0 Å². The number of nitrogens with zero attached hydrogens (tertiary/aromatic N) is 3. The van der Waals surface area contributed by atoms with Crippen molar-refractivity contribution in [3.63, 3.8) is 0 Å². The van der Waals surface area contributed by atoms with Crippen LogP contribution in [0.25, 0.3) is 11.4 Å². The number of hydrogen-bond acceptors (Lipinski definition) is 4. The lowest BCUT2D eigenvalue weighted by atomic mass is 10.1. The summed E-state index contributed by atoms with van der Waals surface area (Å²) in [5.74, 6) is 0.254. The molecule has 0 bridgehead atoms. The summed E-state index contributed by atoms with van der Waals surface area (Å²) in [5.41, 5.74) is 1.97. The highest BCUT2D eigenvalue weighted by atomic mass is 32.1. The van der Waals surface area contributed by atoms with Crippen LogP contribution >= 0.6 is 12.2 Å². The molecule has 126 valence electrons. The third-order valence-corrected chi connectivity index (χ3v) is 3.84. The highest BCUT2D eigenvalue weighted by Gasteiger charge is 2.09. The molecular weight excluding hydrogens is 339 g/mol. The van der Waals surface area contributed by atoms with Crippen molar-refractivity contribution in [3.05, 3.63) is 76.8 Å². The van der Waals surface area contributed by atoms with Gasteiger partial charge in [0.05, 0.1) is 6.21 Å². The van der Waals surface area contributed by atoms with Crippen molar-refractivity contribution in [3.8, 4) is 17.1 Å². The second-order valence-corrected chi connectivity index (χ2v) is 5.65. The molecule has 3 aromatic rings. The minimum absolute atomic E-state index is 0.143. The number of benzene rings is 2. The predicted octanol–water partition coefficient (Wildman–Crippen LogP) is 4.06. The molecule has 0 unspecified atom stereocenters. The van der Waals surface area contributed by atoms with Crippen molar-refractivity contribution < 1.29 is 9.50 Å². The zero-order valence-corrected chi connectivity index (χ0v) is 14.0. The van der Waals surface area contributed by atoms with E-state index in [0.717, 1.165) is 5.56 Å². The second kappa shape index (κ2) is 7.23. The summed E-state index contributed by atoms with van der Waals surface area (Å²) in [6.07, 6.45) is 3.77. The number of nitrogens with one attached hydrogen (secondary N) is 1. The average molecular weight is 354 g/mol. The Morgan fingerprint density at radius 2 is 2.04 bits per heavy atom. The summed E-state index contributed by atoms with van der Waals surface area (Å²) < 4.78 is 14.8. The number of aromatic hydroxyl groups is 1. The monoisotopic (exact) mass is 354 g/mol. The summed E-state index contributed by atoms with van der Waals surface area (Å²) >= 11 is 5.20. The molecule has 7 heteroatoms. The number of aromatic amines is 1. The number of rotatable bonds is 5. The Morgan fingerprint density at radius 3 is 2.76 bits per heavy atom. The van der Waals surface area contributed by atoms with E-state index in [0.29, 0.717) is 23.4 Å². The van der Waals surface area contributed by atoms with E-state index in [-0.39, 0.29) is 16.3 Å². The summed E-state index contributed by atoms with van der Waals surface area (Å²) in [4.78, 5) is 0. The molecule has 0 saturated heterocycles. The van der Waals surface area contributed by atoms with Gasteiger partial charge >= 0.3 is 0 Å². The van der Waals surface area contributed by atoms with Crippen LogP contribution in [0.4, 0.5) is 4.39 Å². The number of halogens is 1. The molecule has 0 atom stereocenters.